The highest BCUT2D eigenvalue weighted by atomic mass is 32.2. The lowest BCUT2D eigenvalue weighted by atomic mass is 10.0. The number of carbonyl (C=O) groups is 2. The first-order valence-corrected chi connectivity index (χ1v) is 8.10. The van der Waals surface area contributed by atoms with Gasteiger partial charge in [0, 0.05) is 31.3 Å². The molecule has 0 aliphatic carbocycles. The van der Waals surface area contributed by atoms with Crippen LogP contribution in [0.1, 0.15) is 32.1 Å². The van der Waals surface area contributed by atoms with E-state index >= 15 is 0 Å². The molecule has 0 N–H and O–H groups in total. The zero-order valence-corrected chi connectivity index (χ0v) is 11.5. The quantitative estimate of drug-likeness (QED) is 0.715. The van der Waals surface area contributed by atoms with Gasteiger partial charge >= 0.3 is 0 Å². The lowest BCUT2D eigenvalue weighted by Crippen LogP contribution is -2.51. The predicted molar refractivity (Wildman–Crippen MR) is 71.4 cm³/mol. The van der Waals surface area contributed by atoms with Crippen molar-refractivity contribution in [3.8, 4) is 0 Å². The van der Waals surface area contributed by atoms with Crippen molar-refractivity contribution in [2.75, 3.05) is 24.6 Å². The fourth-order valence-corrected chi connectivity index (χ4v) is 4.50. The van der Waals surface area contributed by atoms with E-state index in [1.165, 1.54) is 0 Å². The number of amides is 2. The van der Waals surface area contributed by atoms with Crippen molar-refractivity contribution in [1.82, 2.24) is 9.80 Å². The van der Waals surface area contributed by atoms with Crippen molar-refractivity contribution in [1.29, 1.82) is 0 Å². The Morgan fingerprint density at radius 1 is 1.06 bits per heavy atom. The average molecular weight is 268 g/mol. The lowest BCUT2D eigenvalue weighted by molar-refractivity contribution is -0.144. The zero-order valence-electron chi connectivity index (χ0n) is 10.6. The molecule has 4 nitrogen and oxygen atoms in total. The topological polar surface area (TPSA) is 40.6 Å². The standard InChI is InChI=1S/C13H20N2O2S/c16-12-4-7-14(10-5-8-18-9-10)13(17)11-3-1-2-6-15(11)12/h10-11H,1-9H2. The minimum atomic E-state index is -0.153. The molecule has 0 bridgehead atoms. The van der Waals surface area contributed by atoms with E-state index in [0.717, 1.165) is 43.7 Å². The Bertz CT molecular complexity index is 355. The van der Waals surface area contributed by atoms with Crippen LogP contribution in [0.3, 0.4) is 0 Å². The van der Waals surface area contributed by atoms with Gasteiger partial charge in [-0.3, -0.25) is 9.59 Å². The van der Waals surface area contributed by atoms with E-state index in [0.29, 0.717) is 19.0 Å². The molecule has 2 unspecified atom stereocenters. The number of hydrogen-bond acceptors (Lipinski definition) is 3. The van der Waals surface area contributed by atoms with Crippen LogP contribution in [0.5, 0.6) is 0 Å². The van der Waals surface area contributed by atoms with E-state index in [1.54, 1.807) is 0 Å². The van der Waals surface area contributed by atoms with Gasteiger partial charge < -0.3 is 9.80 Å². The molecule has 2 atom stereocenters. The summed E-state index contributed by atoms with van der Waals surface area (Å²) < 4.78 is 0. The van der Waals surface area contributed by atoms with Crippen molar-refractivity contribution in [2.45, 2.75) is 44.2 Å². The molecule has 3 saturated heterocycles. The minimum absolute atomic E-state index is 0.153. The van der Waals surface area contributed by atoms with Gasteiger partial charge in [0.25, 0.3) is 0 Å². The van der Waals surface area contributed by atoms with Crippen molar-refractivity contribution >= 4 is 23.6 Å². The highest BCUT2D eigenvalue weighted by Gasteiger charge is 2.40. The monoisotopic (exact) mass is 268 g/mol. The first kappa shape index (κ1) is 12.3. The van der Waals surface area contributed by atoms with Crippen molar-refractivity contribution in [3.05, 3.63) is 0 Å². The number of fused-ring (bicyclic) bond motifs is 1. The number of thioether (sulfide) groups is 1. The summed E-state index contributed by atoms with van der Waals surface area (Å²) in [7, 11) is 0. The van der Waals surface area contributed by atoms with Gasteiger partial charge in [0.2, 0.25) is 11.8 Å². The minimum Gasteiger partial charge on any atom is -0.337 e. The Morgan fingerprint density at radius 3 is 2.72 bits per heavy atom. The van der Waals surface area contributed by atoms with Gasteiger partial charge in [0.05, 0.1) is 0 Å². The summed E-state index contributed by atoms with van der Waals surface area (Å²) >= 11 is 1.92. The van der Waals surface area contributed by atoms with Crippen molar-refractivity contribution in [2.24, 2.45) is 0 Å². The summed E-state index contributed by atoms with van der Waals surface area (Å²) in [5.74, 6) is 2.60. The molecule has 0 aromatic carbocycles. The average Bonchev–Trinajstić information content (AvgIpc) is 2.88. The Hall–Kier alpha value is -0.710. The fraction of sp³-hybridized carbons (Fsp3) is 0.846. The lowest BCUT2D eigenvalue weighted by Gasteiger charge is -2.35. The number of piperidine rings is 1. The largest absolute Gasteiger partial charge is 0.337 e. The Kier molecular flexibility index (Phi) is 3.50. The third kappa shape index (κ3) is 2.13. The summed E-state index contributed by atoms with van der Waals surface area (Å²) in [5.41, 5.74) is 0. The van der Waals surface area contributed by atoms with Gasteiger partial charge in [-0.05, 0) is 31.4 Å². The van der Waals surface area contributed by atoms with E-state index in [4.69, 9.17) is 0 Å². The number of nitrogens with zero attached hydrogens (tertiary/aromatic N) is 2. The smallest absolute Gasteiger partial charge is 0.245 e. The number of hydrogen-bond donors (Lipinski definition) is 0. The highest BCUT2D eigenvalue weighted by Crippen LogP contribution is 2.28. The van der Waals surface area contributed by atoms with Gasteiger partial charge in [-0.15, -0.1) is 0 Å². The van der Waals surface area contributed by atoms with Crippen LogP contribution in [0, 0.1) is 0 Å². The summed E-state index contributed by atoms with van der Waals surface area (Å²) in [6.45, 7) is 1.42. The molecule has 0 spiro atoms. The van der Waals surface area contributed by atoms with Gasteiger partial charge in [-0.1, -0.05) is 0 Å². The van der Waals surface area contributed by atoms with Gasteiger partial charge in [-0.2, -0.15) is 11.8 Å². The van der Waals surface area contributed by atoms with Crippen LogP contribution >= 0.6 is 11.8 Å². The number of rotatable bonds is 1. The molecule has 5 heteroatoms. The Morgan fingerprint density at radius 2 is 1.94 bits per heavy atom. The zero-order chi connectivity index (χ0) is 12.5. The molecule has 0 radical (unpaired) electrons. The molecule has 0 saturated carbocycles. The normalized spacial score (nSPS) is 33.6. The van der Waals surface area contributed by atoms with Gasteiger partial charge in [-0.25, -0.2) is 0 Å². The van der Waals surface area contributed by atoms with Crippen LogP contribution in [-0.4, -0.2) is 58.3 Å². The van der Waals surface area contributed by atoms with Crippen LogP contribution in [0.15, 0.2) is 0 Å². The third-order valence-corrected chi connectivity index (χ3v) is 5.45. The second kappa shape index (κ2) is 5.11. The van der Waals surface area contributed by atoms with Crippen LogP contribution < -0.4 is 0 Å². The van der Waals surface area contributed by atoms with E-state index in [1.807, 2.05) is 21.6 Å². The molecule has 3 fully saturated rings. The second-order valence-electron chi connectivity index (χ2n) is 5.40. The van der Waals surface area contributed by atoms with E-state index < -0.39 is 0 Å². The molecular weight excluding hydrogens is 248 g/mol. The van der Waals surface area contributed by atoms with E-state index in [-0.39, 0.29) is 17.9 Å². The molecule has 100 valence electrons. The first-order valence-electron chi connectivity index (χ1n) is 6.95. The second-order valence-corrected chi connectivity index (χ2v) is 6.55. The molecule has 3 heterocycles. The molecule has 2 amide bonds. The molecule has 3 aliphatic heterocycles. The van der Waals surface area contributed by atoms with Gasteiger partial charge in [0.1, 0.15) is 6.04 Å². The number of carbonyl (C=O) groups excluding carboxylic acids is 2. The van der Waals surface area contributed by atoms with Crippen LogP contribution in [0.25, 0.3) is 0 Å². The maximum absolute atomic E-state index is 12.6. The SMILES string of the molecule is O=C1C2CCCCN2C(=O)CCN1C1CCSC1. The Balaban J connectivity index is 1.81. The Labute approximate surface area is 112 Å². The van der Waals surface area contributed by atoms with Crippen LogP contribution in [0.4, 0.5) is 0 Å². The summed E-state index contributed by atoms with van der Waals surface area (Å²) in [5, 5.41) is 0. The molecule has 0 aromatic rings. The summed E-state index contributed by atoms with van der Waals surface area (Å²) in [4.78, 5) is 28.6. The molecule has 3 rings (SSSR count). The predicted octanol–water partition coefficient (Wildman–Crippen LogP) is 1.11. The molecule has 0 aromatic heterocycles. The van der Waals surface area contributed by atoms with Crippen LogP contribution in [-0.2, 0) is 9.59 Å². The van der Waals surface area contributed by atoms with Crippen LogP contribution in [0.2, 0.25) is 0 Å². The van der Waals surface area contributed by atoms with E-state index in [9.17, 15) is 9.59 Å². The fourth-order valence-electron chi connectivity index (χ4n) is 3.28. The molecule has 3 aliphatic rings. The van der Waals surface area contributed by atoms with Crippen molar-refractivity contribution in [3.63, 3.8) is 0 Å². The highest BCUT2D eigenvalue weighted by molar-refractivity contribution is 7.99. The van der Waals surface area contributed by atoms with E-state index in [2.05, 4.69) is 0 Å². The molecular formula is C13H20N2O2S. The first-order chi connectivity index (χ1) is 8.77. The summed E-state index contributed by atoms with van der Waals surface area (Å²) in [6, 6.07) is 0.219. The maximum Gasteiger partial charge on any atom is 0.245 e. The molecule has 18 heavy (non-hydrogen) atoms. The summed E-state index contributed by atoms with van der Waals surface area (Å²) in [6.07, 6.45) is 4.60. The maximum atomic E-state index is 12.6. The van der Waals surface area contributed by atoms with Crippen molar-refractivity contribution < 1.29 is 9.59 Å². The third-order valence-electron chi connectivity index (χ3n) is 4.30. The van der Waals surface area contributed by atoms with Gasteiger partial charge in [0.15, 0.2) is 0 Å².